The fourth-order valence-corrected chi connectivity index (χ4v) is 3.10. The molecule has 6 nitrogen and oxygen atoms in total. The van der Waals surface area contributed by atoms with Crippen LogP contribution in [-0.2, 0) is 6.54 Å². The van der Waals surface area contributed by atoms with Gasteiger partial charge in [0.2, 0.25) is 0 Å². The van der Waals surface area contributed by atoms with Gasteiger partial charge < -0.3 is 10.6 Å². The van der Waals surface area contributed by atoms with Gasteiger partial charge in [0.05, 0.1) is 24.2 Å². The zero-order valence-corrected chi connectivity index (χ0v) is 20.0. The smallest absolute Gasteiger partial charge is 0.191 e. The lowest BCUT2D eigenvalue weighted by Gasteiger charge is -2.20. The van der Waals surface area contributed by atoms with Gasteiger partial charge in [0.25, 0.3) is 0 Å². The zero-order valence-electron chi connectivity index (χ0n) is 16.9. The van der Waals surface area contributed by atoms with Crippen LogP contribution in [0.4, 0.5) is 4.39 Å². The van der Waals surface area contributed by atoms with Crippen molar-refractivity contribution < 1.29 is 4.39 Å². The average molecular weight is 553 g/mol. The number of aliphatic imine (C=N–C) groups is 1. The SMILES string of the molecule is CCNC(=NCc1cc(C#N)ccc1F)NCC(c1ccc(Cl)cc1)n1cccn1.I. The minimum absolute atomic E-state index is 0. The molecule has 1 atom stereocenters. The van der Waals surface area contributed by atoms with Crippen molar-refractivity contribution in [1.82, 2.24) is 20.4 Å². The Labute approximate surface area is 203 Å². The summed E-state index contributed by atoms with van der Waals surface area (Å²) in [4.78, 5) is 4.48. The lowest BCUT2D eigenvalue weighted by atomic mass is 10.1. The molecule has 3 aromatic rings. The van der Waals surface area contributed by atoms with Crippen molar-refractivity contribution in [3.63, 3.8) is 0 Å². The first-order chi connectivity index (χ1) is 14.6. The highest BCUT2D eigenvalue weighted by Crippen LogP contribution is 2.19. The van der Waals surface area contributed by atoms with E-state index in [0.717, 1.165) is 5.56 Å². The number of nitrogens with one attached hydrogen (secondary N) is 2. The molecule has 0 fully saturated rings. The predicted octanol–water partition coefficient (Wildman–Crippen LogP) is 4.51. The van der Waals surface area contributed by atoms with Crippen molar-refractivity contribution in [2.45, 2.75) is 19.5 Å². The summed E-state index contributed by atoms with van der Waals surface area (Å²) in [5, 5.41) is 20.5. The predicted molar refractivity (Wildman–Crippen MR) is 131 cm³/mol. The molecule has 0 saturated heterocycles. The molecule has 0 spiro atoms. The summed E-state index contributed by atoms with van der Waals surface area (Å²) in [5.74, 6) is 0.162. The van der Waals surface area contributed by atoms with Crippen molar-refractivity contribution in [2.24, 2.45) is 4.99 Å². The Morgan fingerprint density at radius 3 is 2.68 bits per heavy atom. The van der Waals surface area contributed by atoms with Crippen molar-refractivity contribution in [2.75, 3.05) is 13.1 Å². The third-order valence-corrected chi connectivity index (χ3v) is 4.74. The summed E-state index contributed by atoms with van der Waals surface area (Å²) >= 11 is 6.03. The topological polar surface area (TPSA) is 78.0 Å². The lowest BCUT2D eigenvalue weighted by Crippen LogP contribution is -2.40. The van der Waals surface area contributed by atoms with Gasteiger partial charge in [0, 0.05) is 36.1 Å². The van der Waals surface area contributed by atoms with Crippen molar-refractivity contribution in [1.29, 1.82) is 5.26 Å². The van der Waals surface area contributed by atoms with Gasteiger partial charge in [0.15, 0.2) is 5.96 Å². The first-order valence-corrected chi connectivity index (χ1v) is 9.93. The molecule has 0 saturated carbocycles. The fraction of sp³-hybridized carbons (Fsp3) is 0.227. The van der Waals surface area contributed by atoms with Gasteiger partial charge in [-0.15, -0.1) is 24.0 Å². The number of guanidine groups is 1. The number of hydrogen-bond donors (Lipinski definition) is 2. The first kappa shape index (κ1) is 24.6. The minimum atomic E-state index is -0.385. The number of aromatic nitrogens is 2. The van der Waals surface area contributed by atoms with Crippen LogP contribution in [0, 0.1) is 17.1 Å². The molecular weight excluding hydrogens is 530 g/mol. The molecule has 1 heterocycles. The molecule has 0 aliphatic rings. The summed E-state index contributed by atoms with van der Waals surface area (Å²) in [5.41, 5.74) is 1.81. The highest BCUT2D eigenvalue weighted by Gasteiger charge is 2.15. The molecule has 0 bridgehead atoms. The molecule has 31 heavy (non-hydrogen) atoms. The maximum atomic E-state index is 14.1. The zero-order chi connectivity index (χ0) is 21.3. The van der Waals surface area contributed by atoms with Crippen molar-refractivity contribution >= 4 is 41.5 Å². The van der Waals surface area contributed by atoms with Crippen LogP contribution < -0.4 is 10.6 Å². The van der Waals surface area contributed by atoms with E-state index >= 15 is 0 Å². The molecule has 0 aliphatic heterocycles. The summed E-state index contributed by atoms with van der Waals surface area (Å²) in [6.45, 7) is 3.23. The van der Waals surface area contributed by atoms with Crippen LogP contribution in [0.15, 0.2) is 65.9 Å². The molecule has 2 aromatic carbocycles. The van der Waals surface area contributed by atoms with Gasteiger partial charge in [-0.2, -0.15) is 10.4 Å². The Morgan fingerprint density at radius 2 is 2.03 bits per heavy atom. The second-order valence-corrected chi connectivity index (χ2v) is 6.98. The highest BCUT2D eigenvalue weighted by atomic mass is 127. The molecule has 9 heteroatoms. The van der Waals surface area contributed by atoms with E-state index < -0.39 is 0 Å². The minimum Gasteiger partial charge on any atom is -0.357 e. The third kappa shape index (κ3) is 6.94. The van der Waals surface area contributed by atoms with Gasteiger partial charge in [0.1, 0.15) is 5.82 Å². The van der Waals surface area contributed by atoms with Crippen LogP contribution in [0.2, 0.25) is 5.02 Å². The van der Waals surface area contributed by atoms with E-state index in [9.17, 15) is 4.39 Å². The molecule has 1 unspecified atom stereocenters. The van der Waals surface area contributed by atoms with E-state index in [0.29, 0.717) is 35.2 Å². The highest BCUT2D eigenvalue weighted by molar-refractivity contribution is 14.0. The quantitative estimate of drug-likeness (QED) is 0.257. The summed E-state index contributed by atoms with van der Waals surface area (Å²) in [7, 11) is 0. The van der Waals surface area contributed by atoms with E-state index in [1.807, 2.05) is 54.2 Å². The number of rotatable bonds is 7. The number of halogens is 3. The van der Waals surface area contributed by atoms with Crippen LogP contribution in [0.5, 0.6) is 0 Å². The van der Waals surface area contributed by atoms with Crippen molar-refractivity contribution in [3.05, 3.63) is 88.5 Å². The van der Waals surface area contributed by atoms with Gasteiger partial charge in [-0.25, -0.2) is 9.38 Å². The maximum Gasteiger partial charge on any atom is 0.191 e. The van der Waals surface area contributed by atoms with E-state index in [-0.39, 0.29) is 42.4 Å². The average Bonchev–Trinajstić information content (AvgIpc) is 3.29. The number of hydrogen-bond acceptors (Lipinski definition) is 3. The Bertz CT molecular complexity index is 1030. The van der Waals surface area contributed by atoms with Crippen molar-refractivity contribution in [3.8, 4) is 6.07 Å². The second kappa shape index (κ2) is 12.3. The summed E-state index contributed by atoms with van der Waals surface area (Å²) in [6.07, 6.45) is 3.63. The molecule has 0 amide bonds. The van der Waals surface area contributed by atoms with Gasteiger partial charge in [-0.05, 0) is 48.9 Å². The van der Waals surface area contributed by atoms with Gasteiger partial charge in [-0.1, -0.05) is 23.7 Å². The molecule has 162 valence electrons. The Hall–Kier alpha value is -2.64. The molecule has 2 N–H and O–H groups in total. The maximum absolute atomic E-state index is 14.1. The molecule has 3 rings (SSSR count). The molecule has 0 aliphatic carbocycles. The largest absolute Gasteiger partial charge is 0.357 e. The normalized spacial score (nSPS) is 11.9. The van der Waals surface area contributed by atoms with Crippen LogP contribution in [-0.4, -0.2) is 28.8 Å². The Morgan fingerprint density at radius 1 is 1.26 bits per heavy atom. The second-order valence-electron chi connectivity index (χ2n) is 6.55. The Balaban J connectivity index is 0.00000341. The molecule has 0 radical (unpaired) electrons. The lowest BCUT2D eigenvalue weighted by molar-refractivity contribution is 0.510. The van der Waals surface area contributed by atoms with Gasteiger partial charge in [-0.3, -0.25) is 4.68 Å². The van der Waals surface area contributed by atoms with E-state index in [1.54, 1.807) is 6.20 Å². The first-order valence-electron chi connectivity index (χ1n) is 9.56. The van der Waals surface area contributed by atoms with E-state index in [2.05, 4.69) is 20.7 Å². The monoisotopic (exact) mass is 552 g/mol. The third-order valence-electron chi connectivity index (χ3n) is 4.49. The van der Waals surface area contributed by atoms with E-state index in [4.69, 9.17) is 16.9 Å². The van der Waals surface area contributed by atoms with E-state index in [1.165, 1.54) is 18.2 Å². The number of benzene rings is 2. The Kier molecular flexibility index (Phi) is 9.75. The van der Waals surface area contributed by atoms with Crippen LogP contribution in [0.1, 0.15) is 29.7 Å². The molecule has 1 aromatic heterocycles. The van der Waals surface area contributed by atoms with Crippen LogP contribution in [0.3, 0.4) is 0 Å². The van der Waals surface area contributed by atoms with Crippen LogP contribution in [0.25, 0.3) is 0 Å². The standard InChI is InChI=1S/C22H22ClFN6.HI/c1-2-26-22(27-14-18-12-16(13-25)4-9-20(18)24)28-15-21(30-11-3-10-29-30)17-5-7-19(23)8-6-17;/h3-12,21H,2,14-15H2,1H3,(H2,26,27,28);1H. The molecular formula is C22H23ClFIN6. The summed E-state index contributed by atoms with van der Waals surface area (Å²) in [6, 6.07) is 15.7. The number of nitriles is 1. The number of nitrogens with zero attached hydrogens (tertiary/aromatic N) is 4. The van der Waals surface area contributed by atoms with Gasteiger partial charge >= 0.3 is 0 Å². The van der Waals surface area contributed by atoms with Crippen LogP contribution >= 0.6 is 35.6 Å². The summed E-state index contributed by atoms with van der Waals surface area (Å²) < 4.78 is 15.9. The fourth-order valence-electron chi connectivity index (χ4n) is 2.98.